The van der Waals surface area contributed by atoms with Gasteiger partial charge in [-0.3, -0.25) is 4.90 Å². The van der Waals surface area contributed by atoms with E-state index in [0.29, 0.717) is 5.92 Å². The van der Waals surface area contributed by atoms with Crippen molar-refractivity contribution in [3.63, 3.8) is 0 Å². The first-order chi connectivity index (χ1) is 8.81. The third kappa shape index (κ3) is 3.95. The highest BCUT2D eigenvalue weighted by Crippen LogP contribution is 2.28. The number of benzene rings is 1. The maximum Gasteiger partial charge on any atom is 0.122 e. The highest BCUT2D eigenvalue weighted by atomic mass is 16.5. The second kappa shape index (κ2) is 6.40. The highest BCUT2D eigenvalue weighted by molar-refractivity contribution is 5.39. The molecule has 0 saturated carbocycles. The molecule has 0 unspecified atom stereocenters. The Balaban J connectivity index is 2.94. The van der Waals surface area contributed by atoms with E-state index in [9.17, 15) is 5.11 Å². The number of methoxy groups -OCH3 is 1. The van der Waals surface area contributed by atoms with Gasteiger partial charge in [-0.2, -0.15) is 0 Å². The molecule has 1 N–H and O–H groups in total. The van der Waals surface area contributed by atoms with Crippen LogP contribution in [0.4, 0.5) is 0 Å². The summed E-state index contributed by atoms with van der Waals surface area (Å²) >= 11 is 0. The lowest BCUT2D eigenvalue weighted by Gasteiger charge is -2.34. The molecule has 0 aromatic heterocycles. The fraction of sp³-hybridized carbons (Fsp3) is 0.625. The summed E-state index contributed by atoms with van der Waals surface area (Å²) in [7, 11) is 3.75. The van der Waals surface area contributed by atoms with E-state index in [1.165, 1.54) is 11.1 Å². The molecule has 19 heavy (non-hydrogen) atoms. The number of nitrogens with zero attached hydrogens (tertiary/aromatic N) is 1. The molecule has 3 heteroatoms. The van der Waals surface area contributed by atoms with E-state index >= 15 is 0 Å². The van der Waals surface area contributed by atoms with Crippen molar-refractivity contribution >= 4 is 0 Å². The van der Waals surface area contributed by atoms with Gasteiger partial charge >= 0.3 is 0 Å². The zero-order valence-corrected chi connectivity index (χ0v) is 13.0. The van der Waals surface area contributed by atoms with Gasteiger partial charge in [-0.1, -0.05) is 26.0 Å². The molecular weight excluding hydrogens is 238 g/mol. The summed E-state index contributed by atoms with van der Waals surface area (Å²) in [5, 5.41) is 9.41. The lowest BCUT2D eigenvalue weighted by atomic mass is 9.98. The predicted molar refractivity (Wildman–Crippen MR) is 79.7 cm³/mol. The minimum atomic E-state index is -0.210. The summed E-state index contributed by atoms with van der Waals surface area (Å²) in [5.74, 6) is 1.38. The first kappa shape index (κ1) is 16.0. The smallest absolute Gasteiger partial charge is 0.122 e. The SMILES string of the molecule is COc1ccc(CN(C)C(C)(C)CO)cc1C(C)C. The van der Waals surface area contributed by atoms with Crippen LogP contribution in [0.15, 0.2) is 18.2 Å². The van der Waals surface area contributed by atoms with Gasteiger partial charge in [0.05, 0.1) is 13.7 Å². The molecule has 0 aliphatic heterocycles. The van der Waals surface area contributed by atoms with Gasteiger partial charge in [0.2, 0.25) is 0 Å². The van der Waals surface area contributed by atoms with Crippen LogP contribution in [0.1, 0.15) is 44.7 Å². The quantitative estimate of drug-likeness (QED) is 0.858. The van der Waals surface area contributed by atoms with Crippen molar-refractivity contribution in [1.29, 1.82) is 0 Å². The lowest BCUT2D eigenvalue weighted by molar-refractivity contribution is 0.0733. The third-order valence-corrected chi connectivity index (χ3v) is 3.76. The molecular formula is C16H27NO2. The predicted octanol–water partition coefficient (Wildman–Crippen LogP) is 3.02. The van der Waals surface area contributed by atoms with Crippen LogP contribution in [-0.2, 0) is 6.54 Å². The van der Waals surface area contributed by atoms with Crippen molar-refractivity contribution in [3.8, 4) is 5.75 Å². The van der Waals surface area contributed by atoms with Crippen molar-refractivity contribution < 1.29 is 9.84 Å². The summed E-state index contributed by atoms with van der Waals surface area (Å²) in [4.78, 5) is 2.17. The monoisotopic (exact) mass is 265 g/mol. The van der Waals surface area contributed by atoms with Crippen LogP contribution < -0.4 is 4.74 Å². The van der Waals surface area contributed by atoms with E-state index in [1.54, 1.807) is 7.11 Å². The third-order valence-electron chi connectivity index (χ3n) is 3.76. The second-order valence-electron chi connectivity index (χ2n) is 6.06. The van der Waals surface area contributed by atoms with E-state index in [1.807, 2.05) is 27.0 Å². The summed E-state index contributed by atoms with van der Waals surface area (Å²) in [6.07, 6.45) is 0. The number of aliphatic hydroxyl groups excluding tert-OH is 1. The first-order valence-electron chi connectivity index (χ1n) is 6.80. The normalized spacial score (nSPS) is 12.3. The Labute approximate surface area is 117 Å². The topological polar surface area (TPSA) is 32.7 Å². The molecule has 0 saturated heterocycles. The van der Waals surface area contributed by atoms with Gasteiger partial charge in [-0.25, -0.2) is 0 Å². The number of aliphatic hydroxyl groups is 1. The van der Waals surface area contributed by atoms with Crippen LogP contribution in [0.25, 0.3) is 0 Å². The minimum absolute atomic E-state index is 0.149. The molecule has 0 aliphatic carbocycles. The molecule has 0 fully saturated rings. The van der Waals surface area contributed by atoms with E-state index in [2.05, 4.69) is 30.9 Å². The molecule has 0 heterocycles. The molecule has 0 amide bonds. The number of ether oxygens (including phenoxy) is 1. The van der Waals surface area contributed by atoms with Crippen LogP contribution >= 0.6 is 0 Å². The summed E-state index contributed by atoms with van der Waals surface area (Å²) in [6, 6.07) is 6.33. The molecule has 1 rings (SSSR count). The largest absolute Gasteiger partial charge is 0.496 e. The first-order valence-corrected chi connectivity index (χ1v) is 6.80. The molecule has 0 spiro atoms. The van der Waals surface area contributed by atoms with Gasteiger partial charge in [0.1, 0.15) is 5.75 Å². The number of likely N-dealkylation sites (N-methyl/N-ethyl adjacent to an activating group) is 1. The lowest BCUT2D eigenvalue weighted by Crippen LogP contribution is -2.43. The average Bonchev–Trinajstić information content (AvgIpc) is 2.38. The van der Waals surface area contributed by atoms with Crippen LogP contribution in [-0.4, -0.2) is 36.3 Å². The van der Waals surface area contributed by atoms with Crippen molar-refractivity contribution in [1.82, 2.24) is 4.90 Å². The average molecular weight is 265 g/mol. The fourth-order valence-electron chi connectivity index (χ4n) is 1.94. The summed E-state index contributed by atoms with van der Waals surface area (Å²) in [5.41, 5.74) is 2.27. The van der Waals surface area contributed by atoms with E-state index < -0.39 is 0 Å². The summed E-state index contributed by atoms with van der Waals surface area (Å²) in [6.45, 7) is 9.39. The van der Waals surface area contributed by atoms with Crippen LogP contribution in [0.3, 0.4) is 0 Å². The van der Waals surface area contributed by atoms with Crippen LogP contribution in [0.2, 0.25) is 0 Å². The molecule has 0 bridgehead atoms. The standard InChI is InChI=1S/C16H27NO2/c1-12(2)14-9-13(7-8-15(14)19-6)10-17(5)16(3,4)11-18/h7-9,12,18H,10-11H2,1-6H3. The van der Waals surface area contributed by atoms with Crippen molar-refractivity contribution in [3.05, 3.63) is 29.3 Å². The van der Waals surface area contributed by atoms with Gasteiger partial charge in [0, 0.05) is 12.1 Å². The van der Waals surface area contributed by atoms with Gasteiger partial charge in [0.25, 0.3) is 0 Å². The Morgan fingerprint density at radius 1 is 1.32 bits per heavy atom. The number of hydrogen-bond acceptors (Lipinski definition) is 3. The fourth-order valence-corrected chi connectivity index (χ4v) is 1.94. The molecule has 0 aliphatic rings. The van der Waals surface area contributed by atoms with E-state index in [0.717, 1.165) is 12.3 Å². The van der Waals surface area contributed by atoms with E-state index in [4.69, 9.17) is 4.74 Å². The Morgan fingerprint density at radius 3 is 2.42 bits per heavy atom. The minimum Gasteiger partial charge on any atom is -0.496 e. The zero-order valence-electron chi connectivity index (χ0n) is 13.0. The Kier molecular flexibility index (Phi) is 5.39. The molecule has 3 nitrogen and oxygen atoms in total. The van der Waals surface area contributed by atoms with Crippen LogP contribution in [0, 0.1) is 0 Å². The van der Waals surface area contributed by atoms with Gasteiger partial charge in [0.15, 0.2) is 0 Å². The van der Waals surface area contributed by atoms with Gasteiger partial charge < -0.3 is 9.84 Å². The van der Waals surface area contributed by atoms with Crippen molar-refractivity contribution in [2.24, 2.45) is 0 Å². The Hall–Kier alpha value is -1.06. The van der Waals surface area contributed by atoms with Crippen LogP contribution in [0.5, 0.6) is 5.75 Å². The Morgan fingerprint density at radius 2 is 1.95 bits per heavy atom. The molecule has 1 aromatic rings. The summed E-state index contributed by atoms with van der Waals surface area (Å²) < 4.78 is 5.40. The number of rotatable bonds is 6. The van der Waals surface area contributed by atoms with Crippen molar-refractivity contribution in [2.75, 3.05) is 20.8 Å². The Bertz CT molecular complexity index is 413. The van der Waals surface area contributed by atoms with Crippen molar-refractivity contribution in [2.45, 2.75) is 45.7 Å². The molecule has 0 atom stereocenters. The number of hydrogen-bond donors (Lipinski definition) is 1. The van der Waals surface area contributed by atoms with E-state index in [-0.39, 0.29) is 12.1 Å². The highest BCUT2D eigenvalue weighted by Gasteiger charge is 2.22. The maximum atomic E-state index is 9.41. The maximum absolute atomic E-state index is 9.41. The molecule has 108 valence electrons. The molecule has 1 aromatic carbocycles. The van der Waals surface area contributed by atoms with Gasteiger partial charge in [-0.05, 0) is 44.0 Å². The molecule has 0 radical (unpaired) electrons. The van der Waals surface area contributed by atoms with Gasteiger partial charge in [-0.15, -0.1) is 0 Å². The second-order valence-corrected chi connectivity index (χ2v) is 6.06. The zero-order chi connectivity index (χ0) is 14.6.